The van der Waals surface area contributed by atoms with E-state index in [9.17, 15) is 34.8 Å². The summed E-state index contributed by atoms with van der Waals surface area (Å²) in [5.74, 6) is 7.15. The van der Waals surface area contributed by atoms with Gasteiger partial charge in [-0.3, -0.25) is 14.4 Å². The number of rotatable bonds is 32. The fourth-order valence-corrected chi connectivity index (χ4v) is 15.5. The highest BCUT2D eigenvalue weighted by molar-refractivity contribution is 5.79. The Bertz CT molecular complexity index is 4520. The van der Waals surface area contributed by atoms with Gasteiger partial charge in [-0.2, -0.15) is 0 Å². The Morgan fingerprint density at radius 1 is 0.390 bits per heavy atom. The Balaban J connectivity index is 0.000000328. The van der Waals surface area contributed by atoms with Gasteiger partial charge >= 0.3 is 24.4 Å². The lowest BCUT2D eigenvalue weighted by atomic mass is 9.87. The molecule has 11 rings (SSSR count). The summed E-state index contributed by atoms with van der Waals surface area (Å²) in [5, 5.41) is 56.5. The topological polar surface area (TPSA) is 302 Å². The van der Waals surface area contributed by atoms with E-state index in [0.717, 1.165) is 105 Å². The minimum absolute atomic E-state index is 0.0344. The third-order valence-electron chi connectivity index (χ3n) is 26.9. The van der Waals surface area contributed by atoms with E-state index < -0.39 is 24.5 Å². The molecule has 0 radical (unpaired) electrons. The summed E-state index contributed by atoms with van der Waals surface area (Å²) in [4.78, 5) is 35.6. The molecule has 768 valence electrons. The highest BCUT2D eigenvalue weighted by atomic mass is 16.9. The number of hydrogen-bond acceptors (Lipinski definition) is 23. The lowest BCUT2D eigenvalue weighted by molar-refractivity contribution is -0.173. The van der Waals surface area contributed by atoms with Gasteiger partial charge in [0.25, 0.3) is 0 Å². The van der Waals surface area contributed by atoms with Crippen molar-refractivity contribution in [2.45, 2.75) is 396 Å². The van der Waals surface area contributed by atoms with Gasteiger partial charge in [-0.15, -0.1) is 0 Å². The van der Waals surface area contributed by atoms with Gasteiger partial charge in [-0.1, -0.05) is 216 Å². The standard InChI is InChI=1S/C22H38O4.2C16H26O3.C14H20O4.C13H18O3.C12H22O2.2C10H14O2/c1-11-15(2)16-12-13-17(25-19(23-9)21(3,4)5)18(14-16)26-20(24-10)22(6,7)8;1-7-11(2)12-8-9-14(13(17)10-12)19-15(18-6)16(3,4)5;1-7-11(2)12-8-9-13(17)14(10-12)19-15(18-6)16(3,4)5;1-4-14(2,3)13(16)18-10-7-5-8-9(6-7)12(15)17-11(8)10;1-4-9(3)10-6-7-11-12(8-10)16-13(15-11)14-5-2;1-5-11(2,3)10(13)14-12(4)8-6-7-9-12;2*1-3-7(2)8-4-5-9(11)10(12)6-8/h12-15,19-20H,11H2,1-10H3;2*8-11,15,17H,7H2,1-6H3;7-11H,4-6H2,1-3H3;6-9,13H,4-5H2,1-3H3;5-9H2,1-4H3;2*4-7,11-12H,3H2,1-2H3. The van der Waals surface area contributed by atoms with Gasteiger partial charge < -0.3 is 97.0 Å². The molecule has 0 aromatic heterocycles. The van der Waals surface area contributed by atoms with Crippen molar-refractivity contribution in [3.63, 3.8) is 0 Å². The molecule has 2 heterocycles. The molecule has 16 atom stereocenters. The molecule has 3 saturated carbocycles. The van der Waals surface area contributed by atoms with Crippen molar-refractivity contribution in [2.75, 3.05) is 35.0 Å². The number of ether oxygens (including phenoxy) is 14. The first-order valence-corrected chi connectivity index (χ1v) is 49.7. The second kappa shape index (κ2) is 54.1. The molecule has 6 aromatic rings. The van der Waals surface area contributed by atoms with Crippen LogP contribution in [-0.2, 0) is 52.3 Å². The molecule has 136 heavy (non-hydrogen) atoms. The number of phenols is 6. The summed E-state index contributed by atoms with van der Waals surface area (Å²) < 4.78 is 78.8. The summed E-state index contributed by atoms with van der Waals surface area (Å²) in [5.41, 5.74) is 5.32. The van der Waals surface area contributed by atoms with Crippen LogP contribution in [0.5, 0.6) is 69.0 Å². The van der Waals surface area contributed by atoms with Crippen LogP contribution in [0.1, 0.15) is 380 Å². The van der Waals surface area contributed by atoms with Crippen molar-refractivity contribution >= 4 is 17.9 Å². The number of carbonyl (C=O) groups excluding carboxylic acids is 3. The zero-order chi connectivity index (χ0) is 103. The highest BCUT2D eigenvalue weighted by Gasteiger charge is 2.63. The van der Waals surface area contributed by atoms with E-state index in [1.807, 2.05) is 145 Å². The predicted molar refractivity (Wildman–Crippen MR) is 542 cm³/mol. The number of phenolic OH excluding ortho intramolecular Hbond substituents is 6. The van der Waals surface area contributed by atoms with Gasteiger partial charge in [0, 0.05) is 61.9 Å². The normalized spacial score (nSPS) is 19.5. The Morgan fingerprint density at radius 2 is 0.728 bits per heavy atom. The van der Waals surface area contributed by atoms with Crippen LogP contribution < -0.4 is 28.4 Å². The van der Waals surface area contributed by atoms with E-state index in [1.165, 1.54) is 41.7 Å². The average molecular weight is 1900 g/mol. The van der Waals surface area contributed by atoms with Gasteiger partial charge in [0.15, 0.2) is 69.0 Å². The van der Waals surface area contributed by atoms with Crippen molar-refractivity contribution < 1.29 is 111 Å². The number of carbonyl (C=O) groups is 3. The molecule has 4 fully saturated rings. The summed E-state index contributed by atoms with van der Waals surface area (Å²) >= 11 is 0. The number of methoxy groups -OCH3 is 4. The van der Waals surface area contributed by atoms with Gasteiger partial charge in [0.05, 0.1) is 23.4 Å². The fraction of sp³-hybridized carbons (Fsp3) is 0.655. The Morgan fingerprint density at radius 3 is 1.11 bits per heavy atom. The number of benzene rings is 6. The molecule has 1 saturated heterocycles. The number of esters is 3. The maximum absolute atomic E-state index is 12.1. The maximum atomic E-state index is 12.1. The van der Waals surface area contributed by atoms with Gasteiger partial charge in [0.1, 0.15) is 17.8 Å². The molecule has 6 N–H and O–H groups in total. The molecule has 0 spiro atoms. The summed E-state index contributed by atoms with van der Waals surface area (Å²) in [6.07, 6.45) is 12.3. The summed E-state index contributed by atoms with van der Waals surface area (Å²) in [6, 6.07) is 33.3. The van der Waals surface area contributed by atoms with Crippen LogP contribution in [0.15, 0.2) is 109 Å². The fourth-order valence-electron chi connectivity index (χ4n) is 15.5. The van der Waals surface area contributed by atoms with Crippen LogP contribution in [0.3, 0.4) is 0 Å². The van der Waals surface area contributed by atoms with Gasteiger partial charge in [0.2, 0.25) is 25.2 Å². The van der Waals surface area contributed by atoms with Gasteiger partial charge in [-0.25, -0.2) is 0 Å². The third kappa shape index (κ3) is 35.8. The largest absolute Gasteiger partial charge is 0.504 e. The van der Waals surface area contributed by atoms with E-state index in [4.69, 9.17) is 76.5 Å². The Labute approximate surface area is 818 Å². The zero-order valence-electron chi connectivity index (χ0n) is 89.9. The van der Waals surface area contributed by atoms with E-state index in [0.29, 0.717) is 76.9 Å². The average Bonchev–Trinajstić information content (AvgIpc) is 1.57. The molecular weight excluding hydrogens is 1730 g/mol. The first-order valence-electron chi connectivity index (χ1n) is 49.7. The predicted octanol–water partition coefficient (Wildman–Crippen LogP) is 28.3. The molecule has 2 bridgehead atoms. The van der Waals surface area contributed by atoms with Crippen molar-refractivity contribution in [3.05, 3.63) is 143 Å². The van der Waals surface area contributed by atoms with Crippen LogP contribution in [-0.4, -0.2) is 133 Å². The number of fused-ring (bicyclic) bond motifs is 2. The van der Waals surface area contributed by atoms with Crippen LogP contribution in [0, 0.1) is 50.2 Å². The van der Waals surface area contributed by atoms with E-state index in [-0.39, 0.29) is 116 Å². The summed E-state index contributed by atoms with van der Waals surface area (Å²) in [7, 11) is 6.56. The van der Waals surface area contributed by atoms with E-state index in [1.54, 1.807) is 52.7 Å². The smallest absolute Gasteiger partial charge is 0.361 e. The molecule has 5 aliphatic rings. The van der Waals surface area contributed by atoms with Crippen molar-refractivity contribution in [2.24, 2.45) is 50.2 Å². The van der Waals surface area contributed by atoms with Crippen LogP contribution >= 0.6 is 0 Å². The molecule has 2 aliphatic heterocycles. The number of hydrogen-bond donors (Lipinski definition) is 6. The minimum Gasteiger partial charge on any atom is -0.504 e. The van der Waals surface area contributed by atoms with E-state index >= 15 is 0 Å². The first kappa shape index (κ1) is 119. The van der Waals surface area contributed by atoms with Crippen LogP contribution in [0.2, 0.25) is 0 Å². The van der Waals surface area contributed by atoms with Crippen molar-refractivity contribution in [1.82, 2.24) is 0 Å². The molecule has 16 unspecified atom stereocenters. The van der Waals surface area contributed by atoms with E-state index in [2.05, 4.69) is 150 Å². The highest BCUT2D eigenvalue weighted by Crippen LogP contribution is 2.56. The molecule has 6 aromatic carbocycles. The van der Waals surface area contributed by atoms with Crippen molar-refractivity contribution in [1.29, 1.82) is 0 Å². The zero-order valence-corrected chi connectivity index (χ0v) is 89.9. The molecule has 3 aliphatic carbocycles. The molecule has 23 nitrogen and oxygen atoms in total. The van der Waals surface area contributed by atoms with Crippen LogP contribution in [0.4, 0.5) is 0 Å². The Kier molecular flexibility index (Phi) is 47.5. The lowest BCUT2D eigenvalue weighted by Gasteiger charge is -2.33. The van der Waals surface area contributed by atoms with Crippen molar-refractivity contribution in [3.8, 4) is 69.0 Å². The van der Waals surface area contributed by atoms with Crippen LogP contribution in [0.25, 0.3) is 0 Å². The molecular formula is C113H178O23. The summed E-state index contributed by atoms with van der Waals surface area (Å²) in [6.45, 7) is 66.1. The second-order valence-electron chi connectivity index (χ2n) is 43.2. The SMILES string of the molecule is CCC(C)(C)C(=O)OC1(C)CCCC1.CCC(C)(C)C(=O)OC1C2CC3C(=O)OC1C3C2.CCC(C)c1ccc(O)c(O)c1.CCC(C)c1ccc(O)c(O)c1.CCC(C)c1ccc(O)c(OC(OC)C(C)(C)C)c1.CCC(C)c1ccc(OC(OC)C(C)(C)C)c(O)c1.CCC(C)c1ccc(OC(OC)C(C)(C)C)c(OC(OC)C(C)(C)C)c1.CCOC1Oc2ccc(C(C)CC)cc2O1. The maximum Gasteiger partial charge on any atom is 0.361 e. The monoisotopic (exact) mass is 1900 g/mol. The molecule has 23 heteroatoms. The number of aromatic hydroxyl groups is 6. The first-order chi connectivity index (χ1) is 63.4. The van der Waals surface area contributed by atoms with Gasteiger partial charge in [-0.05, 0) is 273 Å². The molecule has 0 amide bonds. The lowest BCUT2D eigenvalue weighted by Crippen LogP contribution is -2.39. The Hall–Kier alpha value is -8.87. The quantitative estimate of drug-likeness (QED) is 0.00989. The minimum atomic E-state index is -0.577. The third-order valence-corrected chi connectivity index (χ3v) is 26.9. The second-order valence-corrected chi connectivity index (χ2v) is 43.2.